The van der Waals surface area contributed by atoms with Crippen molar-refractivity contribution in [2.24, 2.45) is 0 Å². The number of rotatable bonds is 4. The highest BCUT2D eigenvalue weighted by atomic mass is 79.9. The van der Waals surface area contributed by atoms with Gasteiger partial charge in [-0.25, -0.2) is 4.63 Å². The SMILES string of the molecule is CC(C)c1ccc(-c2nonc2NC(=O)c2cc(=O)c3ccc(Br)cc3o2)cc1. The number of fused-ring (bicyclic) bond motifs is 1. The van der Waals surface area contributed by atoms with Gasteiger partial charge in [0.25, 0.3) is 5.91 Å². The molecular weight excluding hydrogens is 438 g/mol. The maximum Gasteiger partial charge on any atom is 0.292 e. The second-order valence-corrected chi connectivity index (χ2v) is 7.72. The number of nitrogens with zero attached hydrogens (tertiary/aromatic N) is 2. The molecular formula is C21H16BrN3O4. The fourth-order valence-electron chi connectivity index (χ4n) is 2.90. The molecule has 1 amide bonds. The van der Waals surface area contributed by atoms with Crippen molar-refractivity contribution < 1.29 is 13.8 Å². The number of amides is 1. The van der Waals surface area contributed by atoms with Crippen LogP contribution in [-0.2, 0) is 0 Å². The Balaban J connectivity index is 1.64. The summed E-state index contributed by atoms with van der Waals surface area (Å²) in [6.45, 7) is 4.21. The molecule has 7 nitrogen and oxygen atoms in total. The van der Waals surface area contributed by atoms with E-state index in [4.69, 9.17) is 9.05 Å². The van der Waals surface area contributed by atoms with Gasteiger partial charge in [0.15, 0.2) is 16.9 Å². The fraction of sp³-hybridized carbons (Fsp3) is 0.143. The Bertz CT molecular complexity index is 1260. The van der Waals surface area contributed by atoms with Gasteiger partial charge in [0.1, 0.15) is 5.58 Å². The molecule has 29 heavy (non-hydrogen) atoms. The summed E-state index contributed by atoms with van der Waals surface area (Å²) in [4.78, 5) is 24.9. The zero-order valence-electron chi connectivity index (χ0n) is 15.6. The van der Waals surface area contributed by atoms with Crippen LogP contribution in [0, 0.1) is 0 Å². The molecule has 0 saturated heterocycles. The van der Waals surface area contributed by atoms with Gasteiger partial charge in [-0.1, -0.05) is 54.0 Å². The standard InChI is InChI=1S/C21H16BrN3O4/c1-11(2)12-3-5-13(6-4-12)19-20(25-29-24-19)23-21(27)18-10-16(26)15-8-7-14(22)9-17(15)28-18/h3-11H,1-2H3,(H,23,25,27). The molecule has 0 atom stereocenters. The molecule has 8 heteroatoms. The van der Waals surface area contributed by atoms with Crippen molar-refractivity contribution in [2.45, 2.75) is 19.8 Å². The van der Waals surface area contributed by atoms with Crippen LogP contribution in [0.2, 0.25) is 0 Å². The van der Waals surface area contributed by atoms with Crippen molar-refractivity contribution in [3.8, 4) is 11.3 Å². The third kappa shape index (κ3) is 3.84. The van der Waals surface area contributed by atoms with E-state index in [0.29, 0.717) is 22.6 Å². The molecule has 2 heterocycles. The molecule has 0 bridgehead atoms. The first-order valence-corrected chi connectivity index (χ1v) is 9.69. The Morgan fingerprint density at radius 1 is 1.07 bits per heavy atom. The monoisotopic (exact) mass is 453 g/mol. The largest absolute Gasteiger partial charge is 0.451 e. The molecule has 0 radical (unpaired) electrons. The third-order valence-corrected chi connectivity index (χ3v) is 4.98. The number of halogens is 1. The number of anilines is 1. The lowest BCUT2D eigenvalue weighted by Crippen LogP contribution is -2.15. The number of nitrogens with one attached hydrogen (secondary N) is 1. The van der Waals surface area contributed by atoms with Gasteiger partial charge in [-0.2, -0.15) is 0 Å². The second-order valence-electron chi connectivity index (χ2n) is 6.81. The topological polar surface area (TPSA) is 98.2 Å². The van der Waals surface area contributed by atoms with Crippen molar-refractivity contribution in [1.29, 1.82) is 0 Å². The van der Waals surface area contributed by atoms with E-state index < -0.39 is 5.91 Å². The van der Waals surface area contributed by atoms with Gasteiger partial charge in [0, 0.05) is 16.1 Å². The van der Waals surface area contributed by atoms with Crippen LogP contribution < -0.4 is 10.7 Å². The van der Waals surface area contributed by atoms with Crippen LogP contribution in [0.3, 0.4) is 0 Å². The summed E-state index contributed by atoms with van der Waals surface area (Å²) in [5.41, 5.74) is 2.31. The van der Waals surface area contributed by atoms with Gasteiger partial charge < -0.3 is 4.42 Å². The molecule has 0 saturated carbocycles. The summed E-state index contributed by atoms with van der Waals surface area (Å²) in [5.74, 6) is -0.219. The maximum atomic E-state index is 12.7. The first-order valence-electron chi connectivity index (χ1n) is 8.90. The van der Waals surface area contributed by atoms with Crippen molar-refractivity contribution in [3.05, 3.63) is 74.6 Å². The quantitative estimate of drug-likeness (QED) is 0.467. The highest BCUT2D eigenvalue weighted by molar-refractivity contribution is 9.10. The Labute approximate surface area is 173 Å². The molecule has 0 unspecified atom stereocenters. The Morgan fingerprint density at radius 3 is 2.55 bits per heavy atom. The minimum atomic E-state index is -0.625. The first-order chi connectivity index (χ1) is 13.9. The second kappa shape index (κ2) is 7.63. The lowest BCUT2D eigenvalue weighted by molar-refractivity contribution is 0.0996. The molecule has 0 aliphatic rings. The first kappa shape index (κ1) is 19.1. The number of hydrogen-bond donors (Lipinski definition) is 1. The predicted molar refractivity (Wildman–Crippen MR) is 112 cm³/mol. The summed E-state index contributed by atoms with van der Waals surface area (Å²) in [6.07, 6.45) is 0. The average molecular weight is 454 g/mol. The van der Waals surface area contributed by atoms with Gasteiger partial charge in [-0.05, 0) is 40.0 Å². The molecule has 1 N–H and O–H groups in total. The molecule has 0 aliphatic carbocycles. The predicted octanol–water partition coefficient (Wildman–Crippen LogP) is 4.98. The van der Waals surface area contributed by atoms with Gasteiger partial charge >= 0.3 is 0 Å². The van der Waals surface area contributed by atoms with Crippen LogP contribution in [0.4, 0.5) is 5.82 Å². The Morgan fingerprint density at radius 2 is 1.83 bits per heavy atom. The zero-order chi connectivity index (χ0) is 20.5. The molecule has 4 rings (SSSR count). The van der Waals surface area contributed by atoms with Crippen molar-refractivity contribution in [2.75, 3.05) is 5.32 Å². The van der Waals surface area contributed by atoms with Gasteiger partial charge in [0.05, 0.1) is 5.39 Å². The van der Waals surface area contributed by atoms with Crippen LogP contribution in [-0.4, -0.2) is 16.2 Å². The van der Waals surface area contributed by atoms with Crippen molar-refractivity contribution in [3.63, 3.8) is 0 Å². The number of aromatic nitrogens is 2. The summed E-state index contributed by atoms with van der Waals surface area (Å²) >= 11 is 3.32. The van der Waals surface area contributed by atoms with Crippen LogP contribution in [0.15, 0.2) is 66.8 Å². The molecule has 2 aromatic carbocycles. The van der Waals surface area contributed by atoms with Crippen LogP contribution in [0.1, 0.15) is 35.9 Å². The normalized spacial score (nSPS) is 11.2. The van der Waals surface area contributed by atoms with Gasteiger partial charge in [-0.15, -0.1) is 0 Å². The average Bonchev–Trinajstić information content (AvgIpc) is 3.15. The number of carbonyl (C=O) groups is 1. The highest BCUT2D eigenvalue weighted by Gasteiger charge is 2.19. The summed E-state index contributed by atoms with van der Waals surface area (Å²) < 4.78 is 11.1. The molecule has 0 fully saturated rings. The smallest absolute Gasteiger partial charge is 0.292 e. The van der Waals surface area contributed by atoms with E-state index in [1.807, 2.05) is 24.3 Å². The van der Waals surface area contributed by atoms with E-state index in [0.717, 1.165) is 16.1 Å². The van der Waals surface area contributed by atoms with Crippen LogP contribution in [0.5, 0.6) is 0 Å². The molecule has 2 aromatic heterocycles. The lowest BCUT2D eigenvalue weighted by atomic mass is 10.0. The molecule has 0 aliphatic heterocycles. The van der Waals surface area contributed by atoms with E-state index in [-0.39, 0.29) is 17.0 Å². The molecule has 146 valence electrons. The van der Waals surface area contributed by atoms with Crippen LogP contribution >= 0.6 is 15.9 Å². The van der Waals surface area contributed by atoms with Crippen LogP contribution in [0.25, 0.3) is 22.2 Å². The Hall–Kier alpha value is -3.26. The fourth-order valence-corrected chi connectivity index (χ4v) is 3.24. The zero-order valence-corrected chi connectivity index (χ0v) is 17.2. The molecule has 4 aromatic rings. The summed E-state index contributed by atoms with van der Waals surface area (Å²) in [6, 6.07) is 13.9. The highest BCUT2D eigenvalue weighted by Crippen LogP contribution is 2.27. The lowest BCUT2D eigenvalue weighted by Gasteiger charge is -2.06. The van der Waals surface area contributed by atoms with Gasteiger partial charge in [0.2, 0.25) is 5.82 Å². The Kier molecular flexibility index (Phi) is 5.02. The van der Waals surface area contributed by atoms with E-state index in [1.165, 1.54) is 5.56 Å². The molecule has 0 spiro atoms. The maximum absolute atomic E-state index is 12.7. The minimum absolute atomic E-state index is 0.135. The number of benzene rings is 2. The minimum Gasteiger partial charge on any atom is -0.451 e. The van der Waals surface area contributed by atoms with E-state index in [9.17, 15) is 9.59 Å². The number of hydrogen-bond acceptors (Lipinski definition) is 6. The third-order valence-electron chi connectivity index (χ3n) is 4.49. The van der Waals surface area contributed by atoms with Crippen molar-refractivity contribution in [1.82, 2.24) is 10.3 Å². The van der Waals surface area contributed by atoms with E-state index in [1.54, 1.807) is 18.2 Å². The summed E-state index contributed by atoms with van der Waals surface area (Å²) in [5, 5.41) is 10.6. The van der Waals surface area contributed by atoms with E-state index >= 15 is 0 Å². The summed E-state index contributed by atoms with van der Waals surface area (Å²) in [7, 11) is 0. The van der Waals surface area contributed by atoms with Crippen molar-refractivity contribution >= 4 is 38.6 Å². The van der Waals surface area contributed by atoms with Gasteiger partial charge in [-0.3, -0.25) is 14.9 Å². The number of carbonyl (C=O) groups excluding carboxylic acids is 1. The van der Waals surface area contributed by atoms with E-state index in [2.05, 4.69) is 45.4 Å².